The van der Waals surface area contributed by atoms with E-state index >= 15 is 0 Å². The number of rotatable bonds is 7. The van der Waals surface area contributed by atoms with Gasteiger partial charge in [0.25, 0.3) is 0 Å². The van der Waals surface area contributed by atoms with Gasteiger partial charge in [-0.3, -0.25) is 0 Å². The Balaban J connectivity index is 4.25. The van der Waals surface area contributed by atoms with Crippen LogP contribution >= 0.6 is 0 Å². The van der Waals surface area contributed by atoms with Crippen molar-refractivity contribution in [2.45, 2.75) is 32.0 Å². The normalized spacial score (nSPS) is 11.2. The minimum absolute atomic E-state index is 0.821. The molecule has 0 aliphatic heterocycles. The zero-order valence-corrected chi connectivity index (χ0v) is 9.31. The van der Waals surface area contributed by atoms with Gasteiger partial charge in [0.05, 0.1) is 0 Å². The summed E-state index contributed by atoms with van der Waals surface area (Å²) >= 11 is 0. The second-order valence-electron chi connectivity index (χ2n) is 2.96. The van der Waals surface area contributed by atoms with Crippen molar-refractivity contribution in [2.24, 2.45) is 0 Å². The van der Waals surface area contributed by atoms with E-state index in [1.165, 1.54) is 0 Å². The van der Waals surface area contributed by atoms with Crippen LogP contribution in [-0.4, -0.2) is 14.9 Å². The van der Waals surface area contributed by atoms with Gasteiger partial charge in [-0.05, 0) is 25.1 Å². The summed E-state index contributed by atoms with van der Waals surface area (Å²) in [5.74, 6) is 0. The Morgan fingerprint density at radius 3 is 1.92 bits per heavy atom. The van der Waals surface area contributed by atoms with E-state index in [4.69, 9.17) is 4.43 Å². The van der Waals surface area contributed by atoms with Crippen molar-refractivity contribution >= 4 is 8.32 Å². The van der Waals surface area contributed by atoms with Crippen LogP contribution in [0.25, 0.3) is 0 Å². The lowest BCUT2D eigenvalue weighted by Gasteiger charge is -2.27. The molecular formula is C10H20OSi. The third-order valence-corrected chi connectivity index (χ3v) is 6.38. The highest BCUT2D eigenvalue weighted by atomic mass is 28.4. The molecule has 0 bridgehead atoms. The molecule has 0 unspecified atom stereocenters. The molecule has 0 saturated carbocycles. The molecule has 2 heteroatoms. The minimum atomic E-state index is -1.51. The van der Waals surface area contributed by atoms with Gasteiger partial charge < -0.3 is 4.43 Å². The van der Waals surface area contributed by atoms with Crippen LogP contribution < -0.4 is 0 Å². The van der Waals surface area contributed by atoms with E-state index in [1.54, 1.807) is 0 Å². The summed E-state index contributed by atoms with van der Waals surface area (Å²) in [4.78, 5) is 0. The summed E-state index contributed by atoms with van der Waals surface area (Å²) in [5.41, 5.74) is 0. The lowest BCUT2D eigenvalue weighted by molar-refractivity contribution is 0.324. The summed E-state index contributed by atoms with van der Waals surface area (Å²) in [5, 5.41) is 0. The topological polar surface area (TPSA) is 9.23 Å². The SMILES string of the molecule is C=CC[Si](CC)(CC=C)OCC. The fourth-order valence-corrected chi connectivity index (χ4v) is 4.27. The van der Waals surface area contributed by atoms with Crippen molar-refractivity contribution in [3.63, 3.8) is 0 Å². The van der Waals surface area contributed by atoms with Gasteiger partial charge in [-0.1, -0.05) is 19.1 Å². The molecule has 12 heavy (non-hydrogen) atoms. The molecule has 0 aliphatic rings. The fraction of sp³-hybridized carbons (Fsp3) is 0.600. The van der Waals surface area contributed by atoms with Crippen LogP contribution in [0.3, 0.4) is 0 Å². The van der Waals surface area contributed by atoms with Gasteiger partial charge in [0, 0.05) is 6.61 Å². The molecule has 0 rings (SSSR count). The molecular weight excluding hydrogens is 164 g/mol. The molecule has 0 radical (unpaired) electrons. The van der Waals surface area contributed by atoms with Gasteiger partial charge >= 0.3 is 0 Å². The van der Waals surface area contributed by atoms with Crippen molar-refractivity contribution < 1.29 is 4.43 Å². The van der Waals surface area contributed by atoms with Gasteiger partial charge in [-0.25, -0.2) is 0 Å². The zero-order chi connectivity index (χ0) is 9.45. The predicted octanol–water partition coefficient (Wildman–Crippen LogP) is 3.36. The van der Waals surface area contributed by atoms with E-state index < -0.39 is 8.32 Å². The molecule has 0 fully saturated rings. The van der Waals surface area contributed by atoms with Crippen molar-refractivity contribution in [1.29, 1.82) is 0 Å². The first-order valence-electron chi connectivity index (χ1n) is 4.60. The van der Waals surface area contributed by atoms with E-state index in [-0.39, 0.29) is 0 Å². The molecule has 0 aliphatic carbocycles. The van der Waals surface area contributed by atoms with Gasteiger partial charge in [0.2, 0.25) is 0 Å². The van der Waals surface area contributed by atoms with Gasteiger partial charge in [0.15, 0.2) is 8.32 Å². The molecule has 0 N–H and O–H groups in total. The van der Waals surface area contributed by atoms with Crippen LogP contribution in [0.5, 0.6) is 0 Å². The summed E-state index contributed by atoms with van der Waals surface area (Å²) in [6.45, 7) is 12.6. The standard InChI is InChI=1S/C10H20OSi/c1-5-9-12(8-4,10-6-2)11-7-3/h5-6H,1-2,7-10H2,3-4H3. The smallest absolute Gasteiger partial charge is 0.199 e. The molecule has 1 nitrogen and oxygen atoms in total. The van der Waals surface area contributed by atoms with Gasteiger partial charge in [-0.15, -0.1) is 13.2 Å². The molecule has 70 valence electrons. The first kappa shape index (κ1) is 11.7. The third-order valence-electron chi connectivity index (χ3n) is 2.13. The van der Waals surface area contributed by atoms with Crippen molar-refractivity contribution in [1.82, 2.24) is 0 Å². The quantitative estimate of drug-likeness (QED) is 0.435. The minimum Gasteiger partial charge on any atom is -0.416 e. The van der Waals surface area contributed by atoms with E-state index in [0.717, 1.165) is 24.7 Å². The summed E-state index contributed by atoms with van der Waals surface area (Å²) < 4.78 is 5.86. The average Bonchev–Trinajstić information content (AvgIpc) is 2.06. The predicted molar refractivity (Wildman–Crippen MR) is 57.9 cm³/mol. The van der Waals surface area contributed by atoms with Crippen LogP contribution in [0, 0.1) is 0 Å². The summed E-state index contributed by atoms with van der Waals surface area (Å²) in [6.07, 6.45) is 3.96. The number of allylic oxidation sites excluding steroid dienone is 2. The maximum absolute atomic E-state index is 5.86. The Labute approximate surface area is 77.3 Å². The highest BCUT2D eigenvalue weighted by molar-refractivity contribution is 6.74. The first-order valence-corrected chi connectivity index (χ1v) is 7.13. The average molecular weight is 184 g/mol. The number of hydrogen-bond acceptors (Lipinski definition) is 1. The lowest BCUT2D eigenvalue weighted by atomic mass is 10.7. The van der Waals surface area contributed by atoms with Crippen molar-refractivity contribution in [3.8, 4) is 0 Å². The van der Waals surface area contributed by atoms with E-state index in [0.29, 0.717) is 0 Å². The molecule has 0 spiro atoms. The van der Waals surface area contributed by atoms with Crippen LogP contribution in [0.2, 0.25) is 18.1 Å². The van der Waals surface area contributed by atoms with Crippen LogP contribution in [0.15, 0.2) is 25.3 Å². The fourth-order valence-electron chi connectivity index (χ4n) is 1.42. The largest absolute Gasteiger partial charge is 0.416 e. The van der Waals surface area contributed by atoms with E-state index in [2.05, 4.69) is 27.0 Å². The summed E-state index contributed by atoms with van der Waals surface area (Å²) in [6, 6.07) is 3.24. The lowest BCUT2D eigenvalue weighted by Crippen LogP contribution is -2.36. The van der Waals surface area contributed by atoms with Crippen LogP contribution in [0.1, 0.15) is 13.8 Å². The van der Waals surface area contributed by atoms with E-state index in [9.17, 15) is 0 Å². The molecule has 0 aromatic carbocycles. The van der Waals surface area contributed by atoms with Crippen LogP contribution in [0.4, 0.5) is 0 Å². The second kappa shape index (κ2) is 6.20. The third kappa shape index (κ3) is 3.37. The Hall–Kier alpha value is -0.343. The van der Waals surface area contributed by atoms with Crippen molar-refractivity contribution in [3.05, 3.63) is 25.3 Å². The maximum atomic E-state index is 5.86. The molecule has 0 aromatic rings. The Kier molecular flexibility index (Phi) is 6.03. The molecule has 0 atom stereocenters. The Morgan fingerprint density at radius 2 is 1.67 bits per heavy atom. The molecule has 0 heterocycles. The number of hydrogen-bond donors (Lipinski definition) is 0. The van der Waals surface area contributed by atoms with Gasteiger partial charge in [0.1, 0.15) is 0 Å². The second-order valence-corrected chi connectivity index (χ2v) is 7.13. The molecule has 0 aromatic heterocycles. The maximum Gasteiger partial charge on any atom is 0.199 e. The monoisotopic (exact) mass is 184 g/mol. The molecule has 0 saturated heterocycles. The van der Waals surface area contributed by atoms with Crippen molar-refractivity contribution in [2.75, 3.05) is 6.61 Å². The first-order chi connectivity index (χ1) is 5.74. The summed E-state index contributed by atoms with van der Waals surface area (Å²) in [7, 11) is -1.51. The Bertz CT molecular complexity index is 133. The Morgan fingerprint density at radius 1 is 1.17 bits per heavy atom. The van der Waals surface area contributed by atoms with E-state index in [1.807, 2.05) is 12.2 Å². The highest BCUT2D eigenvalue weighted by Gasteiger charge is 2.29. The molecule has 0 amide bonds. The highest BCUT2D eigenvalue weighted by Crippen LogP contribution is 2.22. The van der Waals surface area contributed by atoms with Gasteiger partial charge in [-0.2, -0.15) is 0 Å². The zero-order valence-electron chi connectivity index (χ0n) is 8.31. The van der Waals surface area contributed by atoms with Crippen LogP contribution in [-0.2, 0) is 4.43 Å².